The van der Waals surface area contributed by atoms with E-state index in [4.69, 9.17) is 10.5 Å². The predicted octanol–water partition coefficient (Wildman–Crippen LogP) is 0.565. The zero-order chi connectivity index (χ0) is 11.3. The molecule has 0 heterocycles. The zero-order valence-corrected chi connectivity index (χ0v) is 9.46. The molecule has 84 valence electrons. The predicted molar refractivity (Wildman–Crippen MR) is 58.3 cm³/mol. The van der Waals surface area contributed by atoms with E-state index in [1.165, 1.54) is 6.26 Å². The van der Waals surface area contributed by atoms with Crippen LogP contribution in [-0.4, -0.2) is 27.8 Å². The first-order valence-corrected chi connectivity index (χ1v) is 6.50. The lowest BCUT2D eigenvalue weighted by atomic mass is 10.2. The van der Waals surface area contributed by atoms with Crippen molar-refractivity contribution in [3.05, 3.63) is 29.8 Å². The molecule has 0 aliphatic rings. The van der Waals surface area contributed by atoms with Crippen LogP contribution in [0.1, 0.15) is 5.56 Å². The highest BCUT2D eigenvalue weighted by Crippen LogP contribution is 2.11. The molecule has 1 rings (SSSR count). The smallest absolute Gasteiger partial charge is 0.175 e. The van der Waals surface area contributed by atoms with Crippen molar-refractivity contribution in [3.8, 4) is 0 Å². The lowest BCUT2D eigenvalue weighted by Gasteiger charge is -2.04. The fourth-order valence-electron chi connectivity index (χ4n) is 1.14. The van der Waals surface area contributed by atoms with Crippen LogP contribution < -0.4 is 5.73 Å². The van der Waals surface area contributed by atoms with Crippen LogP contribution in [0.2, 0.25) is 0 Å². The third-order valence-electron chi connectivity index (χ3n) is 1.86. The van der Waals surface area contributed by atoms with E-state index >= 15 is 0 Å². The minimum absolute atomic E-state index is 0.316. The number of benzene rings is 1. The molecule has 0 saturated heterocycles. The van der Waals surface area contributed by atoms with Crippen LogP contribution in [0.25, 0.3) is 0 Å². The molecule has 1 aromatic carbocycles. The van der Waals surface area contributed by atoms with E-state index in [0.29, 0.717) is 24.7 Å². The summed E-state index contributed by atoms with van der Waals surface area (Å²) in [5.74, 6) is 0. The monoisotopic (exact) mass is 229 g/mol. The highest BCUT2D eigenvalue weighted by molar-refractivity contribution is 7.90. The second-order valence-electron chi connectivity index (χ2n) is 3.26. The van der Waals surface area contributed by atoms with Crippen LogP contribution in [0.3, 0.4) is 0 Å². The fourth-order valence-corrected chi connectivity index (χ4v) is 1.83. The number of rotatable bonds is 5. The molecule has 0 spiro atoms. The van der Waals surface area contributed by atoms with Crippen LogP contribution in [0.4, 0.5) is 0 Å². The van der Waals surface area contributed by atoms with Gasteiger partial charge in [0.15, 0.2) is 9.84 Å². The van der Waals surface area contributed by atoms with E-state index in [1.54, 1.807) is 18.2 Å². The van der Waals surface area contributed by atoms with Crippen molar-refractivity contribution in [2.24, 2.45) is 5.73 Å². The second kappa shape index (κ2) is 5.25. The molecular weight excluding hydrogens is 214 g/mol. The van der Waals surface area contributed by atoms with Crippen LogP contribution in [-0.2, 0) is 21.2 Å². The van der Waals surface area contributed by atoms with Crippen molar-refractivity contribution in [1.82, 2.24) is 0 Å². The molecule has 0 aliphatic carbocycles. The minimum atomic E-state index is -3.14. The maximum atomic E-state index is 11.3. The maximum absolute atomic E-state index is 11.3. The Kier molecular flexibility index (Phi) is 4.26. The topological polar surface area (TPSA) is 69.4 Å². The quantitative estimate of drug-likeness (QED) is 0.749. The average Bonchev–Trinajstić information content (AvgIpc) is 2.17. The van der Waals surface area contributed by atoms with Crippen LogP contribution in [0.15, 0.2) is 29.2 Å². The summed E-state index contributed by atoms with van der Waals surface area (Å²) in [4.78, 5) is 0.316. The molecule has 0 fully saturated rings. The van der Waals surface area contributed by atoms with E-state index in [2.05, 4.69) is 0 Å². The van der Waals surface area contributed by atoms with Crippen molar-refractivity contribution >= 4 is 9.84 Å². The SMILES string of the molecule is CS(=O)(=O)c1cccc(COCCN)c1. The molecule has 0 radical (unpaired) electrons. The average molecular weight is 229 g/mol. The van der Waals surface area contributed by atoms with Gasteiger partial charge in [-0.3, -0.25) is 0 Å². The molecule has 4 nitrogen and oxygen atoms in total. The molecule has 2 N–H and O–H groups in total. The summed E-state index contributed by atoms with van der Waals surface area (Å²) in [6, 6.07) is 6.72. The normalized spacial score (nSPS) is 11.6. The van der Waals surface area contributed by atoms with Crippen molar-refractivity contribution in [1.29, 1.82) is 0 Å². The first kappa shape index (κ1) is 12.2. The second-order valence-corrected chi connectivity index (χ2v) is 5.28. The first-order valence-electron chi connectivity index (χ1n) is 4.61. The summed E-state index contributed by atoms with van der Waals surface area (Å²) in [7, 11) is -3.14. The van der Waals surface area contributed by atoms with Crippen molar-refractivity contribution < 1.29 is 13.2 Å². The van der Waals surface area contributed by atoms with Gasteiger partial charge in [-0.2, -0.15) is 0 Å². The molecule has 0 bridgehead atoms. The van der Waals surface area contributed by atoms with Gasteiger partial charge >= 0.3 is 0 Å². The van der Waals surface area contributed by atoms with E-state index < -0.39 is 9.84 Å². The molecule has 0 aromatic heterocycles. The van der Waals surface area contributed by atoms with E-state index in [-0.39, 0.29) is 0 Å². The summed E-state index contributed by atoms with van der Waals surface area (Å²) in [5.41, 5.74) is 6.11. The largest absolute Gasteiger partial charge is 0.375 e. The highest BCUT2D eigenvalue weighted by Gasteiger charge is 2.06. The first-order chi connectivity index (χ1) is 7.04. The van der Waals surface area contributed by atoms with Gasteiger partial charge in [-0.05, 0) is 17.7 Å². The van der Waals surface area contributed by atoms with E-state index in [0.717, 1.165) is 5.56 Å². The fraction of sp³-hybridized carbons (Fsp3) is 0.400. The summed E-state index contributed by atoms with van der Waals surface area (Å²) in [5, 5.41) is 0. The molecule has 0 atom stereocenters. The number of hydrogen-bond acceptors (Lipinski definition) is 4. The number of sulfone groups is 1. The van der Waals surface area contributed by atoms with Gasteiger partial charge < -0.3 is 10.5 Å². The van der Waals surface area contributed by atoms with Crippen molar-refractivity contribution in [2.75, 3.05) is 19.4 Å². The van der Waals surface area contributed by atoms with E-state index in [1.807, 2.05) is 6.07 Å². The summed E-state index contributed by atoms with van der Waals surface area (Å²) < 4.78 is 27.7. The summed E-state index contributed by atoms with van der Waals surface area (Å²) in [6.45, 7) is 1.33. The molecule has 1 aromatic rings. The van der Waals surface area contributed by atoms with Crippen LogP contribution in [0, 0.1) is 0 Å². The van der Waals surface area contributed by atoms with Gasteiger partial charge in [-0.15, -0.1) is 0 Å². The molecule has 15 heavy (non-hydrogen) atoms. The Morgan fingerprint density at radius 3 is 2.73 bits per heavy atom. The Morgan fingerprint density at radius 1 is 1.40 bits per heavy atom. The Balaban J connectivity index is 2.75. The van der Waals surface area contributed by atoms with Gasteiger partial charge in [0.25, 0.3) is 0 Å². The molecule has 0 aliphatic heterocycles. The number of nitrogens with two attached hydrogens (primary N) is 1. The van der Waals surface area contributed by atoms with Crippen LogP contribution >= 0.6 is 0 Å². The van der Waals surface area contributed by atoms with Gasteiger partial charge in [0.1, 0.15) is 0 Å². The van der Waals surface area contributed by atoms with Gasteiger partial charge in [-0.1, -0.05) is 12.1 Å². The maximum Gasteiger partial charge on any atom is 0.175 e. The van der Waals surface area contributed by atoms with Crippen LogP contribution in [0.5, 0.6) is 0 Å². The number of ether oxygens (including phenoxy) is 1. The molecule has 0 unspecified atom stereocenters. The molecular formula is C10H15NO3S. The van der Waals surface area contributed by atoms with E-state index in [9.17, 15) is 8.42 Å². The Labute approximate surface area is 90.0 Å². The van der Waals surface area contributed by atoms with Gasteiger partial charge in [0.2, 0.25) is 0 Å². The molecule has 0 saturated carbocycles. The Hall–Kier alpha value is -0.910. The van der Waals surface area contributed by atoms with Gasteiger partial charge in [0.05, 0.1) is 18.1 Å². The molecule has 5 heteroatoms. The lowest BCUT2D eigenvalue weighted by Crippen LogP contribution is -2.08. The zero-order valence-electron chi connectivity index (χ0n) is 8.64. The van der Waals surface area contributed by atoms with Gasteiger partial charge in [-0.25, -0.2) is 8.42 Å². The minimum Gasteiger partial charge on any atom is -0.375 e. The Bertz CT molecular complexity index is 414. The van der Waals surface area contributed by atoms with Crippen molar-refractivity contribution in [3.63, 3.8) is 0 Å². The van der Waals surface area contributed by atoms with Gasteiger partial charge in [0, 0.05) is 12.8 Å². The molecule has 0 amide bonds. The third kappa shape index (κ3) is 3.99. The standard InChI is InChI=1S/C10H15NO3S/c1-15(12,13)10-4-2-3-9(7-10)8-14-6-5-11/h2-4,7H,5-6,8,11H2,1H3. The third-order valence-corrected chi connectivity index (χ3v) is 2.97. The highest BCUT2D eigenvalue weighted by atomic mass is 32.2. The number of hydrogen-bond donors (Lipinski definition) is 1. The van der Waals surface area contributed by atoms with Crippen molar-refractivity contribution in [2.45, 2.75) is 11.5 Å². The Morgan fingerprint density at radius 2 is 2.13 bits per heavy atom. The summed E-state index contributed by atoms with van der Waals surface area (Å²) in [6.07, 6.45) is 1.19. The lowest BCUT2D eigenvalue weighted by molar-refractivity contribution is 0.128. The summed E-state index contributed by atoms with van der Waals surface area (Å²) >= 11 is 0.